The second-order valence-corrected chi connectivity index (χ2v) is 7.02. The van der Waals surface area contributed by atoms with Crippen molar-refractivity contribution in [1.82, 2.24) is 12.3 Å². The normalized spacial score (nSPS) is 11.7. The molecule has 0 saturated carbocycles. The monoisotopic (exact) mass is 422 g/mol. The molecule has 0 aliphatic carbocycles. The van der Waals surface area contributed by atoms with Gasteiger partial charge in [0.25, 0.3) is 5.66 Å². The first-order chi connectivity index (χ1) is 10.2. The summed E-state index contributed by atoms with van der Waals surface area (Å²) in [5, 5.41) is 0. The van der Waals surface area contributed by atoms with Gasteiger partial charge in [0.15, 0.2) is 0 Å². The van der Waals surface area contributed by atoms with Gasteiger partial charge in [-0.2, -0.15) is 8.78 Å². The SMILES string of the molecule is O=P([O-])([O-])C(F)(F)c1cccc(/C=C\c2ccc(Br)cc2)c1.[NH4+].[NH4+]. The Bertz CT molecular complexity index is 749. The van der Waals surface area contributed by atoms with Gasteiger partial charge in [0.05, 0.1) is 0 Å². The molecule has 132 valence electrons. The van der Waals surface area contributed by atoms with Gasteiger partial charge in [-0.1, -0.05) is 58.4 Å². The lowest BCUT2D eigenvalue weighted by Crippen LogP contribution is -2.29. The fraction of sp³-hybridized carbons (Fsp3) is 0.0667. The maximum atomic E-state index is 13.5. The Kier molecular flexibility index (Phi) is 8.11. The maximum absolute atomic E-state index is 13.5. The van der Waals surface area contributed by atoms with Crippen molar-refractivity contribution in [2.45, 2.75) is 5.66 Å². The number of hydrogen-bond acceptors (Lipinski definition) is 3. The molecule has 0 aromatic heterocycles. The van der Waals surface area contributed by atoms with E-state index in [1.807, 2.05) is 24.3 Å². The minimum absolute atomic E-state index is 0. The second kappa shape index (κ2) is 8.62. The van der Waals surface area contributed by atoms with Crippen LogP contribution in [0.2, 0.25) is 0 Å². The summed E-state index contributed by atoms with van der Waals surface area (Å²) in [5.41, 5.74) is -4.04. The van der Waals surface area contributed by atoms with E-state index >= 15 is 0 Å². The van der Waals surface area contributed by atoms with E-state index < -0.39 is 18.8 Å². The van der Waals surface area contributed by atoms with Gasteiger partial charge in [0, 0.05) is 17.6 Å². The average Bonchev–Trinajstić information content (AvgIpc) is 2.46. The van der Waals surface area contributed by atoms with Crippen LogP contribution in [0.1, 0.15) is 16.7 Å². The number of quaternary nitrogens is 2. The van der Waals surface area contributed by atoms with Crippen LogP contribution in [0.25, 0.3) is 12.2 Å². The lowest BCUT2D eigenvalue weighted by Gasteiger charge is -2.37. The van der Waals surface area contributed by atoms with Crippen LogP contribution in [0.4, 0.5) is 8.78 Å². The fourth-order valence-electron chi connectivity index (χ4n) is 1.75. The molecule has 0 amide bonds. The molecule has 0 saturated heterocycles. The molecule has 0 fully saturated rings. The summed E-state index contributed by atoms with van der Waals surface area (Å²) in [4.78, 5) is 21.4. The summed E-state index contributed by atoms with van der Waals surface area (Å²) in [6, 6.07) is 12.0. The maximum Gasteiger partial charge on any atom is 0.296 e. The van der Waals surface area contributed by atoms with Gasteiger partial charge in [-0.3, -0.25) is 0 Å². The van der Waals surface area contributed by atoms with E-state index in [0.717, 1.165) is 22.2 Å². The molecule has 2 rings (SSSR count). The topological polar surface area (TPSA) is 136 Å². The lowest BCUT2D eigenvalue weighted by molar-refractivity contribution is -0.335. The summed E-state index contributed by atoms with van der Waals surface area (Å²) >= 11 is 3.30. The quantitative estimate of drug-likeness (QED) is 0.559. The molecule has 0 aliphatic heterocycles. The summed E-state index contributed by atoms with van der Waals surface area (Å²) in [7, 11) is -6.06. The summed E-state index contributed by atoms with van der Waals surface area (Å²) < 4.78 is 38.7. The fourth-order valence-corrected chi connectivity index (χ4v) is 2.47. The van der Waals surface area contributed by atoms with Crippen molar-refractivity contribution < 1.29 is 23.1 Å². The molecular weight excluding hydrogens is 405 g/mol. The molecule has 8 N–H and O–H groups in total. The predicted octanol–water partition coefficient (Wildman–Crippen LogP) is 4.33. The predicted molar refractivity (Wildman–Crippen MR) is 93.0 cm³/mol. The summed E-state index contributed by atoms with van der Waals surface area (Å²) in [5.74, 6) is 0. The Morgan fingerprint density at radius 1 is 0.958 bits per heavy atom. The molecule has 0 radical (unpaired) electrons. The van der Waals surface area contributed by atoms with Crippen molar-refractivity contribution in [3.63, 3.8) is 0 Å². The van der Waals surface area contributed by atoms with E-state index in [1.165, 1.54) is 12.1 Å². The van der Waals surface area contributed by atoms with E-state index in [1.54, 1.807) is 12.2 Å². The summed E-state index contributed by atoms with van der Waals surface area (Å²) in [6.45, 7) is 0. The van der Waals surface area contributed by atoms with Gasteiger partial charge in [0.1, 0.15) is 0 Å². The van der Waals surface area contributed by atoms with E-state index in [9.17, 15) is 23.1 Å². The number of benzene rings is 2. The highest BCUT2D eigenvalue weighted by atomic mass is 79.9. The van der Waals surface area contributed by atoms with Crippen molar-refractivity contribution in [3.05, 3.63) is 69.7 Å². The molecular formula is C15H18BrF2N2O3P. The van der Waals surface area contributed by atoms with Crippen LogP contribution < -0.4 is 22.1 Å². The van der Waals surface area contributed by atoms with Crippen LogP contribution in [-0.4, -0.2) is 0 Å². The Hall–Kier alpha value is -1.41. The van der Waals surface area contributed by atoms with Crippen LogP contribution in [0.3, 0.4) is 0 Å². The van der Waals surface area contributed by atoms with Crippen molar-refractivity contribution in [2.24, 2.45) is 0 Å². The Morgan fingerprint density at radius 3 is 2.04 bits per heavy atom. The van der Waals surface area contributed by atoms with E-state index in [-0.39, 0.29) is 12.3 Å². The molecule has 2 aromatic carbocycles. The molecule has 0 unspecified atom stereocenters. The highest BCUT2D eigenvalue weighted by Gasteiger charge is 2.35. The van der Waals surface area contributed by atoms with Crippen molar-refractivity contribution in [2.75, 3.05) is 0 Å². The van der Waals surface area contributed by atoms with Crippen molar-refractivity contribution in [1.29, 1.82) is 0 Å². The molecule has 0 bridgehead atoms. The first-order valence-electron chi connectivity index (χ1n) is 6.14. The largest absolute Gasteiger partial charge is 0.806 e. The van der Waals surface area contributed by atoms with Gasteiger partial charge in [0.2, 0.25) is 0 Å². The molecule has 5 nitrogen and oxygen atoms in total. The van der Waals surface area contributed by atoms with E-state index in [4.69, 9.17) is 0 Å². The number of alkyl halides is 2. The van der Waals surface area contributed by atoms with Crippen LogP contribution in [0, 0.1) is 0 Å². The average molecular weight is 423 g/mol. The molecule has 9 heteroatoms. The van der Waals surface area contributed by atoms with Crippen molar-refractivity contribution >= 4 is 35.7 Å². The molecule has 2 aromatic rings. The van der Waals surface area contributed by atoms with Gasteiger partial charge in [-0.15, -0.1) is 0 Å². The first-order valence-corrected chi connectivity index (χ1v) is 8.48. The second-order valence-electron chi connectivity index (χ2n) is 4.55. The Balaban J connectivity index is 0.00000264. The Morgan fingerprint density at radius 2 is 1.50 bits per heavy atom. The zero-order valence-corrected chi connectivity index (χ0v) is 15.6. The smallest absolute Gasteiger partial charge is 0.296 e. The van der Waals surface area contributed by atoms with Crippen LogP contribution in [0.5, 0.6) is 0 Å². The third kappa shape index (κ3) is 5.31. The zero-order valence-electron chi connectivity index (χ0n) is 13.1. The third-order valence-electron chi connectivity index (χ3n) is 2.92. The lowest BCUT2D eigenvalue weighted by atomic mass is 10.1. The molecule has 0 atom stereocenters. The van der Waals surface area contributed by atoms with Crippen LogP contribution in [0.15, 0.2) is 53.0 Å². The van der Waals surface area contributed by atoms with Gasteiger partial charge in [-0.25, -0.2) is 0 Å². The van der Waals surface area contributed by atoms with Crippen molar-refractivity contribution in [3.8, 4) is 0 Å². The molecule has 0 aliphatic rings. The van der Waals surface area contributed by atoms with Gasteiger partial charge in [-0.05, 0) is 29.3 Å². The van der Waals surface area contributed by atoms with Crippen LogP contribution in [-0.2, 0) is 10.2 Å². The minimum atomic E-state index is -6.06. The molecule has 0 spiro atoms. The number of hydrogen-bond donors (Lipinski definition) is 2. The number of rotatable bonds is 4. The third-order valence-corrected chi connectivity index (χ3v) is 4.39. The Labute approximate surface area is 146 Å². The molecule has 24 heavy (non-hydrogen) atoms. The van der Waals surface area contributed by atoms with Gasteiger partial charge < -0.3 is 26.7 Å². The highest BCUT2D eigenvalue weighted by molar-refractivity contribution is 9.10. The first kappa shape index (κ1) is 22.6. The van der Waals surface area contributed by atoms with Crippen LogP contribution >= 0.6 is 23.5 Å². The minimum Gasteiger partial charge on any atom is -0.806 e. The van der Waals surface area contributed by atoms with E-state index in [0.29, 0.717) is 5.56 Å². The standard InChI is InChI=1S/C15H12BrF2O3P.2H3N/c16-14-8-6-11(7-9-14)4-5-12-2-1-3-13(10-12)15(17,18)22(19,20)21;;/h1-10H,(H2,19,20,21);2*1H3/b5-4-;;. The summed E-state index contributed by atoms with van der Waals surface area (Å²) in [6.07, 6.45) is 3.25. The number of halogens is 3. The van der Waals surface area contributed by atoms with E-state index in [2.05, 4.69) is 15.9 Å². The zero-order chi connectivity index (χ0) is 16.4. The molecule has 0 heterocycles. The van der Waals surface area contributed by atoms with Gasteiger partial charge >= 0.3 is 0 Å². The highest BCUT2D eigenvalue weighted by Crippen LogP contribution is 2.53.